The zero-order chi connectivity index (χ0) is 11.1. The number of aromatic amines is 1. The first kappa shape index (κ1) is 10.4. The standard InChI is InChI=1S/C9H12N2O3S/c1-6-8(4-12)11-9(10-6)7-2-3-15(13,14)5-7/h4,7H,2-3,5H2,1H3,(H,10,11). The Balaban J connectivity index is 2.28. The van der Waals surface area contributed by atoms with Gasteiger partial charge in [0, 0.05) is 11.6 Å². The summed E-state index contributed by atoms with van der Waals surface area (Å²) in [6.07, 6.45) is 1.27. The first-order chi connectivity index (χ1) is 7.02. The summed E-state index contributed by atoms with van der Waals surface area (Å²) < 4.78 is 22.5. The summed E-state index contributed by atoms with van der Waals surface area (Å²) in [6, 6.07) is 0. The molecule has 1 N–H and O–H groups in total. The van der Waals surface area contributed by atoms with E-state index in [4.69, 9.17) is 0 Å². The summed E-state index contributed by atoms with van der Waals surface area (Å²) in [7, 11) is -2.90. The zero-order valence-electron chi connectivity index (χ0n) is 8.36. The van der Waals surface area contributed by atoms with Crippen LogP contribution in [0.4, 0.5) is 0 Å². The topological polar surface area (TPSA) is 79.9 Å². The molecule has 1 saturated heterocycles. The maximum absolute atomic E-state index is 11.3. The van der Waals surface area contributed by atoms with E-state index < -0.39 is 9.84 Å². The van der Waals surface area contributed by atoms with Crippen LogP contribution >= 0.6 is 0 Å². The van der Waals surface area contributed by atoms with E-state index in [9.17, 15) is 13.2 Å². The van der Waals surface area contributed by atoms with E-state index >= 15 is 0 Å². The summed E-state index contributed by atoms with van der Waals surface area (Å²) >= 11 is 0. The van der Waals surface area contributed by atoms with Gasteiger partial charge in [-0.25, -0.2) is 13.4 Å². The Morgan fingerprint density at radius 3 is 2.73 bits per heavy atom. The van der Waals surface area contributed by atoms with E-state index in [2.05, 4.69) is 9.97 Å². The van der Waals surface area contributed by atoms with E-state index in [0.717, 1.165) is 0 Å². The Labute approximate surface area is 87.8 Å². The van der Waals surface area contributed by atoms with Crippen LogP contribution in [0.2, 0.25) is 0 Å². The molecule has 6 heteroatoms. The summed E-state index contributed by atoms with van der Waals surface area (Å²) in [5.41, 5.74) is 1.07. The Morgan fingerprint density at radius 1 is 1.53 bits per heavy atom. The van der Waals surface area contributed by atoms with Gasteiger partial charge >= 0.3 is 0 Å². The van der Waals surface area contributed by atoms with Gasteiger partial charge in [-0.1, -0.05) is 0 Å². The minimum absolute atomic E-state index is 0.0811. The van der Waals surface area contributed by atoms with Gasteiger partial charge in [-0.3, -0.25) is 4.79 Å². The number of aryl methyl sites for hydroxylation is 1. The Kier molecular flexibility index (Phi) is 2.38. The Bertz CT molecular complexity index is 489. The molecule has 15 heavy (non-hydrogen) atoms. The molecule has 1 atom stereocenters. The molecular formula is C9H12N2O3S. The molecule has 0 spiro atoms. The molecule has 0 radical (unpaired) electrons. The molecule has 0 aromatic carbocycles. The number of nitrogens with one attached hydrogen (secondary N) is 1. The third-order valence-corrected chi connectivity index (χ3v) is 4.44. The lowest BCUT2D eigenvalue weighted by Gasteiger charge is -2.01. The number of hydrogen-bond donors (Lipinski definition) is 1. The zero-order valence-corrected chi connectivity index (χ0v) is 9.17. The van der Waals surface area contributed by atoms with Crippen LogP contribution in [-0.2, 0) is 9.84 Å². The van der Waals surface area contributed by atoms with Crippen LogP contribution in [0.1, 0.15) is 34.3 Å². The molecule has 0 bridgehead atoms. The summed E-state index contributed by atoms with van der Waals surface area (Å²) in [6.45, 7) is 1.75. The van der Waals surface area contributed by atoms with Crippen LogP contribution in [0.15, 0.2) is 0 Å². The molecule has 1 aromatic rings. The van der Waals surface area contributed by atoms with Crippen molar-refractivity contribution in [2.24, 2.45) is 0 Å². The SMILES string of the molecule is Cc1[nH]c(C2CCS(=O)(=O)C2)nc1C=O. The number of carbonyl (C=O) groups is 1. The van der Waals surface area contributed by atoms with E-state index in [0.29, 0.717) is 29.9 Å². The summed E-state index contributed by atoms with van der Waals surface area (Å²) in [5, 5.41) is 0. The van der Waals surface area contributed by atoms with Crippen LogP contribution in [0.25, 0.3) is 0 Å². The van der Waals surface area contributed by atoms with Crippen molar-refractivity contribution in [3.63, 3.8) is 0 Å². The lowest BCUT2D eigenvalue weighted by atomic mass is 10.1. The Morgan fingerprint density at radius 2 is 2.27 bits per heavy atom. The highest BCUT2D eigenvalue weighted by Crippen LogP contribution is 2.27. The number of nitrogens with zero attached hydrogens (tertiary/aromatic N) is 1. The monoisotopic (exact) mass is 228 g/mol. The highest BCUT2D eigenvalue weighted by Gasteiger charge is 2.31. The second-order valence-corrected chi connectivity index (χ2v) is 6.08. The molecule has 0 saturated carbocycles. The van der Waals surface area contributed by atoms with Gasteiger partial charge in [0.05, 0.1) is 11.5 Å². The number of aromatic nitrogens is 2. The summed E-state index contributed by atoms with van der Waals surface area (Å²) in [5.74, 6) is 0.893. The first-order valence-electron chi connectivity index (χ1n) is 4.74. The third kappa shape index (κ3) is 1.94. The molecule has 1 aromatic heterocycles. The van der Waals surface area contributed by atoms with Gasteiger partial charge in [0.2, 0.25) is 0 Å². The van der Waals surface area contributed by atoms with Crippen molar-refractivity contribution in [2.45, 2.75) is 19.3 Å². The number of carbonyl (C=O) groups excluding carboxylic acids is 1. The van der Waals surface area contributed by atoms with Gasteiger partial charge in [0.15, 0.2) is 16.1 Å². The average molecular weight is 228 g/mol. The fourth-order valence-corrected chi connectivity index (χ4v) is 3.56. The quantitative estimate of drug-likeness (QED) is 0.744. The van der Waals surface area contributed by atoms with Crippen molar-refractivity contribution in [2.75, 3.05) is 11.5 Å². The largest absolute Gasteiger partial charge is 0.345 e. The number of sulfone groups is 1. The van der Waals surface area contributed by atoms with Crippen LogP contribution in [0.5, 0.6) is 0 Å². The van der Waals surface area contributed by atoms with Gasteiger partial charge in [-0.15, -0.1) is 0 Å². The molecule has 1 aliphatic heterocycles. The molecule has 82 valence electrons. The number of hydrogen-bond acceptors (Lipinski definition) is 4. The molecular weight excluding hydrogens is 216 g/mol. The molecule has 2 rings (SSSR count). The summed E-state index contributed by atoms with van der Waals surface area (Å²) in [4.78, 5) is 17.6. The van der Waals surface area contributed by atoms with Gasteiger partial charge in [-0.05, 0) is 13.3 Å². The van der Waals surface area contributed by atoms with Crippen LogP contribution < -0.4 is 0 Å². The van der Waals surface area contributed by atoms with Crippen molar-refractivity contribution >= 4 is 16.1 Å². The maximum Gasteiger partial charge on any atom is 0.170 e. The molecule has 1 aliphatic rings. The fourth-order valence-electron chi connectivity index (χ4n) is 1.82. The van der Waals surface area contributed by atoms with E-state index in [1.54, 1.807) is 6.92 Å². The second kappa shape index (κ2) is 3.44. The fraction of sp³-hybridized carbons (Fsp3) is 0.556. The van der Waals surface area contributed by atoms with E-state index in [1.807, 2.05) is 0 Å². The van der Waals surface area contributed by atoms with Crippen LogP contribution in [0.3, 0.4) is 0 Å². The number of imidazole rings is 1. The first-order valence-corrected chi connectivity index (χ1v) is 6.56. The maximum atomic E-state index is 11.3. The normalized spacial score (nSPS) is 24.2. The minimum atomic E-state index is -2.90. The highest BCUT2D eigenvalue weighted by atomic mass is 32.2. The molecule has 0 aliphatic carbocycles. The minimum Gasteiger partial charge on any atom is -0.345 e. The molecule has 2 heterocycles. The smallest absolute Gasteiger partial charge is 0.170 e. The van der Waals surface area contributed by atoms with E-state index in [-0.39, 0.29) is 17.4 Å². The molecule has 0 amide bonds. The molecule has 1 unspecified atom stereocenters. The molecule has 5 nitrogen and oxygen atoms in total. The van der Waals surface area contributed by atoms with E-state index in [1.165, 1.54) is 0 Å². The van der Waals surface area contributed by atoms with Crippen molar-refractivity contribution < 1.29 is 13.2 Å². The van der Waals surface area contributed by atoms with Crippen molar-refractivity contribution in [3.05, 3.63) is 17.2 Å². The predicted octanol–water partition coefficient (Wildman–Crippen LogP) is 0.433. The molecule has 1 fully saturated rings. The lowest BCUT2D eigenvalue weighted by molar-refractivity contribution is 0.111. The van der Waals surface area contributed by atoms with Gasteiger partial charge < -0.3 is 4.98 Å². The third-order valence-electron chi connectivity index (χ3n) is 2.67. The van der Waals surface area contributed by atoms with Gasteiger partial charge in [0.25, 0.3) is 0 Å². The van der Waals surface area contributed by atoms with Crippen LogP contribution in [-0.4, -0.2) is 36.2 Å². The second-order valence-electron chi connectivity index (χ2n) is 3.85. The van der Waals surface area contributed by atoms with Crippen molar-refractivity contribution in [3.8, 4) is 0 Å². The average Bonchev–Trinajstić information content (AvgIpc) is 2.69. The number of aldehydes is 1. The van der Waals surface area contributed by atoms with Crippen molar-refractivity contribution in [1.29, 1.82) is 0 Å². The number of rotatable bonds is 2. The highest BCUT2D eigenvalue weighted by molar-refractivity contribution is 7.91. The van der Waals surface area contributed by atoms with Gasteiger partial charge in [0.1, 0.15) is 11.5 Å². The van der Waals surface area contributed by atoms with Crippen LogP contribution in [0, 0.1) is 6.92 Å². The lowest BCUT2D eigenvalue weighted by Crippen LogP contribution is -2.05. The Hall–Kier alpha value is -1.17. The van der Waals surface area contributed by atoms with Crippen molar-refractivity contribution in [1.82, 2.24) is 9.97 Å². The number of H-pyrrole nitrogens is 1. The predicted molar refractivity (Wildman–Crippen MR) is 54.7 cm³/mol. The van der Waals surface area contributed by atoms with Gasteiger partial charge in [-0.2, -0.15) is 0 Å².